The van der Waals surface area contributed by atoms with Crippen LogP contribution in [0, 0.1) is 0 Å². The predicted octanol–water partition coefficient (Wildman–Crippen LogP) is 1.39. The van der Waals surface area contributed by atoms with E-state index in [2.05, 4.69) is 17.0 Å². The summed E-state index contributed by atoms with van der Waals surface area (Å²) in [5, 5.41) is 2.98. The highest BCUT2D eigenvalue weighted by molar-refractivity contribution is 8.93. The summed E-state index contributed by atoms with van der Waals surface area (Å²) in [5.74, 6) is 0. The van der Waals surface area contributed by atoms with Crippen molar-refractivity contribution in [1.82, 2.24) is 5.32 Å². The van der Waals surface area contributed by atoms with Gasteiger partial charge in [0.25, 0.3) is 0 Å². The Bertz CT molecular complexity index is 173. The molecule has 1 saturated heterocycles. The average Bonchev–Trinajstić information content (AvgIpc) is 2.37. The third kappa shape index (κ3) is 2.88. The molecule has 0 aliphatic carbocycles. The highest BCUT2D eigenvalue weighted by atomic mass is 33.1. The van der Waals surface area contributed by atoms with Gasteiger partial charge in [0.05, 0.1) is 0 Å². The van der Waals surface area contributed by atoms with Crippen molar-refractivity contribution in [2.24, 2.45) is 0 Å². The summed E-state index contributed by atoms with van der Waals surface area (Å²) in [5.41, 5.74) is 0. The first-order chi connectivity index (χ1) is 5.50. The lowest BCUT2D eigenvalue weighted by Gasteiger charge is -2.23. The van der Waals surface area contributed by atoms with Crippen molar-refractivity contribution < 1.29 is 9.53 Å². The quantitative estimate of drug-likeness (QED) is 0.389. The molecule has 1 heterocycles. The molecule has 3 nitrogen and oxygen atoms in total. The minimum Gasteiger partial charge on any atom is -0.453 e. The molecule has 1 aliphatic heterocycles. The first kappa shape index (κ1) is 10.2. The van der Waals surface area contributed by atoms with Crippen LogP contribution in [-0.4, -0.2) is 37.0 Å². The van der Waals surface area contributed by atoms with E-state index in [9.17, 15) is 4.79 Å². The Kier molecular flexibility index (Phi) is 3.31. The Morgan fingerprint density at radius 1 is 1.67 bits per heavy atom. The van der Waals surface area contributed by atoms with Gasteiger partial charge in [-0.05, 0) is 25.5 Å². The zero-order valence-electron chi connectivity index (χ0n) is 7.37. The molecule has 0 aromatic carbocycles. The number of ether oxygens (including phenoxy) is 1. The molecule has 0 aromatic heterocycles. The van der Waals surface area contributed by atoms with Crippen LogP contribution in [0.4, 0.5) is 4.79 Å². The van der Waals surface area contributed by atoms with Crippen LogP contribution in [0.3, 0.4) is 0 Å². The van der Waals surface area contributed by atoms with E-state index in [0.29, 0.717) is 0 Å². The van der Waals surface area contributed by atoms with Crippen molar-refractivity contribution in [2.75, 3.05) is 25.6 Å². The van der Waals surface area contributed by atoms with E-state index in [1.807, 2.05) is 12.5 Å². The zero-order chi connectivity index (χ0) is 9.19. The van der Waals surface area contributed by atoms with Crippen LogP contribution in [-0.2, 0) is 4.74 Å². The monoisotopic (exact) mass is 209 g/mol. The standard InChI is InChI=1S/C7H15NO2S2/c1-12(2,11)7(9)10-6-3-4-8-5-6/h6,8,11H,3-5H2,1-2H3. The molecular formula is C7H15NO2S2. The molecule has 0 saturated carbocycles. The highest BCUT2D eigenvalue weighted by Crippen LogP contribution is 2.46. The van der Waals surface area contributed by atoms with Crippen LogP contribution in [0.2, 0.25) is 0 Å². The van der Waals surface area contributed by atoms with Crippen LogP contribution in [0.15, 0.2) is 0 Å². The molecule has 0 aromatic rings. The first-order valence-corrected chi connectivity index (χ1v) is 7.37. The molecule has 0 bridgehead atoms. The number of hydrogen-bond acceptors (Lipinski definition) is 4. The number of hydrogen-bond donors (Lipinski definition) is 2. The normalized spacial score (nSPS) is 25.4. The summed E-state index contributed by atoms with van der Waals surface area (Å²) >= 11 is 4.21. The summed E-state index contributed by atoms with van der Waals surface area (Å²) in [6.07, 6.45) is 4.63. The van der Waals surface area contributed by atoms with Gasteiger partial charge in [-0.1, -0.05) is 0 Å². The second kappa shape index (κ2) is 3.89. The second-order valence-corrected chi connectivity index (χ2v) is 8.87. The van der Waals surface area contributed by atoms with Gasteiger partial charge < -0.3 is 10.1 Å². The summed E-state index contributed by atoms with van der Waals surface area (Å²) in [4.78, 5) is 11.3. The molecule has 1 atom stereocenters. The van der Waals surface area contributed by atoms with Gasteiger partial charge in [0.15, 0.2) is 0 Å². The van der Waals surface area contributed by atoms with Gasteiger partial charge in [-0.2, -0.15) is 0 Å². The summed E-state index contributed by atoms with van der Waals surface area (Å²) in [6, 6.07) is 0. The molecule has 1 N–H and O–H groups in total. The molecule has 1 unspecified atom stereocenters. The largest absolute Gasteiger partial charge is 0.453 e. The minimum atomic E-state index is -1.48. The Morgan fingerprint density at radius 2 is 2.33 bits per heavy atom. The van der Waals surface area contributed by atoms with Crippen molar-refractivity contribution in [1.29, 1.82) is 0 Å². The predicted molar refractivity (Wildman–Crippen MR) is 56.2 cm³/mol. The average molecular weight is 209 g/mol. The molecule has 72 valence electrons. The van der Waals surface area contributed by atoms with Crippen molar-refractivity contribution in [3.8, 4) is 0 Å². The van der Waals surface area contributed by atoms with Crippen molar-refractivity contribution in [2.45, 2.75) is 12.5 Å². The minimum absolute atomic E-state index is 0.0661. The van der Waals surface area contributed by atoms with E-state index in [1.54, 1.807) is 0 Å². The Labute approximate surface area is 79.4 Å². The van der Waals surface area contributed by atoms with Gasteiger partial charge in [-0.25, -0.2) is 4.79 Å². The fraction of sp³-hybridized carbons (Fsp3) is 0.857. The van der Waals surface area contributed by atoms with Gasteiger partial charge in [-0.15, -0.1) is 20.7 Å². The van der Waals surface area contributed by atoms with E-state index >= 15 is 0 Å². The smallest absolute Gasteiger partial charge is 0.358 e. The van der Waals surface area contributed by atoms with Crippen molar-refractivity contribution >= 4 is 26.0 Å². The van der Waals surface area contributed by atoms with Crippen molar-refractivity contribution in [3.05, 3.63) is 0 Å². The van der Waals surface area contributed by atoms with Gasteiger partial charge >= 0.3 is 5.30 Å². The Balaban J connectivity index is 2.35. The second-order valence-electron chi connectivity index (χ2n) is 3.26. The maximum Gasteiger partial charge on any atom is 0.358 e. The summed E-state index contributed by atoms with van der Waals surface area (Å²) in [7, 11) is -1.48. The van der Waals surface area contributed by atoms with Crippen LogP contribution >= 0.6 is 20.7 Å². The van der Waals surface area contributed by atoms with Crippen LogP contribution in [0.1, 0.15) is 6.42 Å². The zero-order valence-corrected chi connectivity index (χ0v) is 9.08. The number of carbonyl (C=O) groups is 1. The molecular weight excluding hydrogens is 194 g/mol. The third-order valence-electron chi connectivity index (χ3n) is 1.69. The van der Waals surface area contributed by atoms with Crippen LogP contribution < -0.4 is 5.32 Å². The van der Waals surface area contributed by atoms with Gasteiger partial charge in [0.2, 0.25) is 0 Å². The summed E-state index contributed by atoms with van der Waals surface area (Å²) < 4.78 is 5.23. The molecule has 0 radical (unpaired) electrons. The van der Waals surface area contributed by atoms with E-state index < -0.39 is 9.06 Å². The van der Waals surface area contributed by atoms with Gasteiger partial charge in [0, 0.05) is 6.54 Å². The topological polar surface area (TPSA) is 38.3 Å². The fourth-order valence-corrected chi connectivity index (χ4v) is 1.48. The molecule has 0 amide bonds. The number of thiol groups is 1. The Hall–Kier alpha value is 0.130. The van der Waals surface area contributed by atoms with E-state index in [0.717, 1.165) is 19.5 Å². The van der Waals surface area contributed by atoms with Crippen molar-refractivity contribution in [3.63, 3.8) is 0 Å². The van der Waals surface area contributed by atoms with E-state index in [-0.39, 0.29) is 11.4 Å². The van der Waals surface area contributed by atoms with E-state index in [1.165, 1.54) is 0 Å². The third-order valence-corrected chi connectivity index (χ3v) is 3.05. The maximum atomic E-state index is 11.3. The molecule has 12 heavy (non-hydrogen) atoms. The molecule has 1 aliphatic rings. The molecule has 1 fully saturated rings. The molecule has 0 spiro atoms. The lowest BCUT2D eigenvalue weighted by molar-refractivity contribution is 0.133. The molecule has 1 rings (SSSR count). The Morgan fingerprint density at radius 3 is 2.75 bits per heavy atom. The SMILES string of the molecule is CS(C)(S)C(=O)OC1CCNC1. The maximum absolute atomic E-state index is 11.3. The number of nitrogens with one attached hydrogen (secondary N) is 1. The first-order valence-electron chi connectivity index (χ1n) is 3.87. The lowest BCUT2D eigenvalue weighted by Crippen LogP contribution is -2.21. The lowest BCUT2D eigenvalue weighted by atomic mass is 10.3. The van der Waals surface area contributed by atoms with Gasteiger partial charge in [0.1, 0.15) is 6.10 Å². The highest BCUT2D eigenvalue weighted by Gasteiger charge is 2.24. The summed E-state index contributed by atoms with van der Waals surface area (Å²) in [6.45, 7) is 1.73. The number of carbonyl (C=O) groups excluding carboxylic acids is 1. The van der Waals surface area contributed by atoms with Gasteiger partial charge in [-0.3, -0.25) is 0 Å². The molecule has 5 heteroatoms. The fourth-order valence-electron chi connectivity index (χ4n) is 0.983. The number of rotatable bonds is 1. The van der Waals surface area contributed by atoms with E-state index in [4.69, 9.17) is 4.74 Å². The van der Waals surface area contributed by atoms with Crippen LogP contribution in [0.5, 0.6) is 0 Å². The van der Waals surface area contributed by atoms with Crippen LogP contribution in [0.25, 0.3) is 0 Å².